The number of thioether (sulfide) groups is 1. The van der Waals surface area contributed by atoms with Crippen molar-refractivity contribution in [2.75, 3.05) is 0 Å². The third-order valence-corrected chi connectivity index (χ3v) is 6.34. The van der Waals surface area contributed by atoms with E-state index in [4.69, 9.17) is 9.84 Å². The Balaban J connectivity index is 1.84. The van der Waals surface area contributed by atoms with E-state index in [1.54, 1.807) is 17.8 Å². The van der Waals surface area contributed by atoms with Crippen LogP contribution < -0.4 is 9.46 Å². The number of rotatable bonds is 4. The molecule has 3 unspecified atom stereocenters. The lowest BCUT2D eigenvalue weighted by molar-refractivity contribution is -0.138. The van der Waals surface area contributed by atoms with E-state index in [1.807, 2.05) is 24.3 Å². The van der Waals surface area contributed by atoms with Gasteiger partial charge in [-0.2, -0.15) is 4.72 Å². The Labute approximate surface area is 138 Å². The standard InChI is InChI=1S/C15H15NO5S2/c1-9(15(17)18)16-23(19,20)10-6-7-14-12(8-10)21-11-4-2-3-5-13(11)22-14/h2-9,12,14,16H,1H3,(H,17,18). The molecule has 1 aromatic carbocycles. The van der Waals surface area contributed by atoms with Crippen LogP contribution in [0.2, 0.25) is 0 Å². The van der Waals surface area contributed by atoms with Crippen molar-refractivity contribution in [3.63, 3.8) is 0 Å². The molecule has 3 rings (SSSR count). The number of para-hydroxylation sites is 1. The summed E-state index contributed by atoms with van der Waals surface area (Å²) in [5, 5.41) is 8.83. The summed E-state index contributed by atoms with van der Waals surface area (Å²) in [5.41, 5.74) is 0. The number of fused-ring (bicyclic) bond motifs is 2. The maximum atomic E-state index is 12.3. The van der Waals surface area contributed by atoms with Crippen LogP contribution in [0.4, 0.5) is 0 Å². The van der Waals surface area contributed by atoms with Crippen LogP contribution in [-0.2, 0) is 14.8 Å². The normalized spacial score (nSPS) is 24.0. The van der Waals surface area contributed by atoms with Crippen LogP contribution in [0.5, 0.6) is 5.75 Å². The van der Waals surface area contributed by atoms with Gasteiger partial charge in [-0.15, -0.1) is 11.8 Å². The number of carboxylic acids is 1. The second-order valence-corrected chi connectivity index (χ2v) is 8.15. The molecule has 0 spiro atoms. The highest BCUT2D eigenvalue weighted by atomic mass is 32.2. The molecule has 0 saturated heterocycles. The van der Waals surface area contributed by atoms with E-state index in [0.717, 1.165) is 4.90 Å². The molecule has 0 aromatic heterocycles. The van der Waals surface area contributed by atoms with Gasteiger partial charge in [0.25, 0.3) is 0 Å². The fourth-order valence-corrected chi connectivity index (χ4v) is 4.67. The molecule has 3 atom stereocenters. The molecule has 23 heavy (non-hydrogen) atoms. The number of allylic oxidation sites excluding steroid dienone is 1. The molecule has 6 nitrogen and oxygen atoms in total. The lowest BCUT2D eigenvalue weighted by Gasteiger charge is -2.32. The van der Waals surface area contributed by atoms with E-state index in [1.165, 1.54) is 19.1 Å². The van der Waals surface area contributed by atoms with Crippen LogP contribution in [0.15, 0.2) is 52.3 Å². The first kappa shape index (κ1) is 16.1. The number of hydrogen-bond acceptors (Lipinski definition) is 5. The van der Waals surface area contributed by atoms with Crippen LogP contribution in [0, 0.1) is 0 Å². The minimum Gasteiger partial charge on any atom is -0.484 e. The summed E-state index contributed by atoms with van der Waals surface area (Å²) in [5.74, 6) is -0.515. The van der Waals surface area contributed by atoms with Crippen LogP contribution in [0.1, 0.15) is 6.92 Å². The summed E-state index contributed by atoms with van der Waals surface area (Å²) >= 11 is 1.61. The fraction of sp³-hybridized carbons (Fsp3) is 0.267. The van der Waals surface area contributed by atoms with Gasteiger partial charge in [-0.05, 0) is 31.2 Å². The largest absolute Gasteiger partial charge is 0.484 e. The third kappa shape index (κ3) is 3.29. The van der Waals surface area contributed by atoms with E-state index in [0.29, 0.717) is 5.75 Å². The number of benzene rings is 1. The number of ether oxygens (including phenoxy) is 1. The van der Waals surface area contributed by atoms with Crippen molar-refractivity contribution >= 4 is 27.8 Å². The average Bonchev–Trinajstić information content (AvgIpc) is 2.51. The monoisotopic (exact) mass is 353 g/mol. The molecule has 2 N–H and O–H groups in total. The Kier molecular flexibility index (Phi) is 4.22. The molecule has 0 radical (unpaired) electrons. The first-order chi connectivity index (χ1) is 10.9. The van der Waals surface area contributed by atoms with E-state index >= 15 is 0 Å². The Morgan fingerprint density at radius 1 is 1.39 bits per heavy atom. The quantitative estimate of drug-likeness (QED) is 0.857. The number of nitrogens with one attached hydrogen (secondary N) is 1. The number of carbonyl (C=O) groups is 1. The molecule has 1 aliphatic carbocycles. The van der Waals surface area contributed by atoms with Crippen molar-refractivity contribution in [2.24, 2.45) is 0 Å². The van der Waals surface area contributed by atoms with Crippen LogP contribution >= 0.6 is 11.8 Å². The molecular weight excluding hydrogens is 338 g/mol. The summed E-state index contributed by atoms with van der Waals surface area (Å²) in [4.78, 5) is 11.9. The molecule has 0 bridgehead atoms. The minimum atomic E-state index is -3.90. The third-order valence-electron chi connectivity index (χ3n) is 3.49. The van der Waals surface area contributed by atoms with Gasteiger partial charge < -0.3 is 9.84 Å². The van der Waals surface area contributed by atoms with Crippen molar-refractivity contribution in [1.82, 2.24) is 4.72 Å². The SMILES string of the molecule is CC(NS(=O)(=O)C1=CC2Oc3ccccc3SC2C=C1)C(=O)O. The molecule has 0 amide bonds. The molecule has 122 valence electrons. The average molecular weight is 353 g/mol. The molecule has 1 aliphatic heterocycles. The van der Waals surface area contributed by atoms with Crippen molar-refractivity contribution in [3.8, 4) is 5.75 Å². The molecule has 8 heteroatoms. The van der Waals surface area contributed by atoms with Gasteiger partial charge in [0.1, 0.15) is 17.9 Å². The highest BCUT2D eigenvalue weighted by molar-refractivity contribution is 8.00. The maximum absolute atomic E-state index is 12.3. The number of sulfonamides is 1. The molecule has 0 saturated carbocycles. The van der Waals surface area contributed by atoms with Crippen molar-refractivity contribution in [1.29, 1.82) is 0 Å². The summed E-state index contributed by atoms with van der Waals surface area (Å²) < 4.78 is 32.5. The Morgan fingerprint density at radius 2 is 2.13 bits per heavy atom. The van der Waals surface area contributed by atoms with Crippen molar-refractivity contribution < 1.29 is 23.1 Å². The zero-order valence-corrected chi connectivity index (χ0v) is 13.8. The van der Waals surface area contributed by atoms with Gasteiger partial charge in [0.15, 0.2) is 0 Å². The smallest absolute Gasteiger partial charge is 0.321 e. The van der Waals surface area contributed by atoms with Gasteiger partial charge >= 0.3 is 5.97 Å². The fourth-order valence-electron chi connectivity index (χ4n) is 2.29. The highest BCUT2D eigenvalue weighted by Gasteiger charge is 2.33. The van der Waals surface area contributed by atoms with Crippen LogP contribution in [-0.4, -0.2) is 36.9 Å². The summed E-state index contributed by atoms with van der Waals surface area (Å²) in [6.45, 7) is 1.28. The second-order valence-electron chi connectivity index (χ2n) is 5.22. The summed E-state index contributed by atoms with van der Waals surface area (Å²) in [7, 11) is -3.90. The summed E-state index contributed by atoms with van der Waals surface area (Å²) in [6.07, 6.45) is 4.37. The predicted octanol–water partition coefficient (Wildman–Crippen LogP) is 1.75. The van der Waals surface area contributed by atoms with E-state index < -0.39 is 28.1 Å². The van der Waals surface area contributed by atoms with Crippen molar-refractivity contribution in [3.05, 3.63) is 47.4 Å². The van der Waals surface area contributed by atoms with Crippen LogP contribution in [0.3, 0.4) is 0 Å². The molecule has 1 heterocycles. The predicted molar refractivity (Wildman–Crippen MR) is 86.9 cm³/mol. The van der Waals surface area contributed by atoms with E-state index in [2.05, 4.69) is 4.72 Å². The minimum absolute atomic E-state index is 0.0132. The number of aliphatic carboxylic acids is 1. The van der Waals surface area contributed by atoms with Gasteiger partial charge in [0, 0.05) is 0 Å². The number of carboxylic acid groups (broad SMARTS) is 1. The first-order valence-electron chi connectivity index (χ1n) is 6.94. The zero-order chi connectivity index (χ0) is 16.6. The van der Waals surface area contributed by atoms with E-state index in [-0.39, 0.29) is 10.2 Å². The Bertz CT molecular complexity index is 800. The topological polar surface area (TPSA) is 92.7 Å². The number of hydrogen-bond donors (Lipinski definition) is 2. The van der Waals surface area contributed by atoms with E-state index in [9.17, 15) is 13.2 Å². The molecular formula is C15H15NO5S2. The second kappa shape index (κ2) is 6.03. The summed E-state index contributed by atoms with van der Waals surface area (Å²) in [6, 6.07) is 6.37. The van der Waals surface area contributed by atoms with Gasteiger partial charge in [-0.3, -0.25) is 4.79 Å². The first-order valence-corrected chi connectivity index (χ1v) is 9.30. The Hall–Kier alpha value is -1.77. The molecule has 0 fully saturated rings. The zero-order valence-electron chi connectivity index (χ0n) is 12.2. The van der Waals surface area contributed by atoms with Gasteiger partial charge in [-0.25, -0.2) is 8.42 Å². The van der Waals surface area contributed by atoms with Crippen LogP contribution in [0.25, 0.3) is 0 Å². The highest BCUT2D eigenvalue weighted by Crippen LogP contribution is 2.42. The lowest BCUT2D eigenvalue weighted by atomic mass is 10.1. The lowest BCUT2D eigenvalue weighted by Crippen LogP contribution is -2.40. The van der Waals surface area contributed by atoms with Crippen molar-refractivity contribution in [2.45, 2.75) is 29.2 Å². The van der Waals surface area contributed by atoms with Gasteiger partial charge in [-0.1, -0.05) is 18.2 Å². The Morgan fingerprint density at radius 3 is 2.87 bits per heavy atom. The van der Waals surface area contributed by atoms with Gasteiger partial charge in [0.05, 0.1) is 15.1 Å². The maximum Gasteiger partial charge on any atom is 0.321 e. The molecule has 2 aliphatic rings. The molecule has 1 aromatic rings. The van der Waals surface area contributed by atoms with Gasteiger partial charge in [0.2, 0.25) is 10.0 Å².